The van der Waals surface area contributed by atoms with Crippen LogP contribution in [-0.4, -0.2) is 41.0 Å². The summed E-state index contributed by atoms with van der Waals surface area (Å²) in [4.78, 5) is 14.1. The number of likely N-dealkylation sites (tertiary alicyclic amines) is 1. The van der Waals surface area contributed by atoms with Gasteiger partial charge in [0.1, 0.15) is 22.3 Å². The first-order valence-corrected chi connectivity index (χ1v) is 10.9. The maximum atomic E-state index is 13.4. The molecule has 0 radical (unpaired) electrons. The predicted molar refractivity (Wildman–Crippen MR) is 116 cm³/mol. The van der Waals surface area contributed by atoms with Gasteiger partial charge < -0.3 is 10.2 Å². The highest BCUT2D eigenvalue weighted by atomic mass is 32.1. The van der Waals surface area contributed by atoms with Crippen molar-refractivity contribution in [2.75, 3.05) is 31.5 Å². The Balaban J connectivity index is 1.54. The molecule has 0 unspecified atom stereocenters. The minimum Gasteiger partial charge on any atom is -0.369 e. The lowest BCUT2D eigenvalue weighted by Gasteiger charge is -2.14. The number of hydrogen-bond donors (Lipinski definition) is 1. The van der Waals surface area contributed by atoms with Crippen LogP contribution in [0.5, 0.6) is 0 Å². The molecule has 0 saturated carbocycles. The molecule has 0 atom stereocenters. The van der Waals surface area contributed by atoms with E-state index in [9.17, 15) is 4.39 Å². The first-order valence-electron chi connectivity index (χ1n) is 10.1. The molecule has 1 N–H and O–H groups in total. The Hall–Kier alpha value is -2.05. The van der Waals surface area contributed by atoms with Crippen LogP contribution in [0.1, 0.15) is 36.4 Å². The maximum absolute atomic E-state index is 13.4. The monoisotopic (exact) mass is 398 g/mol. The Morgan fingerprint density at radius 3 is 2.57 bits per heavy atom. The summed E-state index contributed by atoms with van der Waals surface area (Å²) >= 11 is 1.68. The lowest BCUT2D eigenvalue weighted by atomic mass is 10.0. The van der Waals surface area contributed by atoms with E-state index in [0.29, 0.717) is 0 Å². The highest BCUT2D eigenvalue weighted by Gasteiger charge is 2.18. The lowest BCUT2D eigenvalue weighted by Crippen LogP contribution is -2.21. The smallest absolute Gasteiger partial charge is 0.139 e. The number of fused-ring (bicyclic) bond motifs is 1. The summed E-state index contributed by atoms with van der Waals surface area (Å²) in [5.74, 6) is 1.45. The van der Waals surface area contributed by atoms with Crippen LogP contribution in [0.3, 0.4) is 0 Å². The van der Waals surface area contributed by atoms with E-state index in [0.717, 1.165) is 46.0 Å². The van der Waals surface area contributed by atoms with Gasteiger partial charge >= 0.3 is 0 Å². The first kappa shape index (κ1) is 19.3. The minimum absolute atomic E-state index is 0.218. The topological polar surface area (TPSA) is 41.1 Å². The molecule has 148 valence electrons. The van der Waals surface area contributed by atoms with Gasteiger partial charge in [-0.3, -0.25) is 0 Å². The third-order valence-corrected chi connectivity index (χ3v) is 6.36. The van der Waals surface area contributed by atoms with Crippen LogP contribution in [0.4, 0.5) is 10.2 Å². The Bertz CT molecular complexity index is 945. The molecule has 1 aliphatic rings. The van der Waals surface area contributed by atoms with Gasteiger partial charge in [-0.2, -0.15) is 0 Å². The molecule has 28 heavy (non-hydrogen) atoms. The first-order chi connectivity index (χ1) is 13.6. The van der Waals surface area contributed by atoms with Gasteiger partial charge in [0.05, 0.1) is 5.39 Å². The highest BCUT2D eigenvalue weighted by Crippen LogP contribution is 2.40. The third kappa shape index (κ3) is 4.18. The second-order valence-electron chi connectivity index (χ2n) is 7.52. The fourth-order valence-electron chi connectivity index (χ4n) is 3.98. The molecule has 3 heterocycles. The van der Waals surface area contributed by atoms with Gasteiger partial charge in [-0.25, -0.2) is 14.4 Å². The summed E-state index contributed by atoms with van der Waals surface area (Å²) in [6, 6.07) is 6.70. The number of anilines is 1. The second kappa shape index (κ2) is 8.53. The Kier molecular flexibility index (Phi) is 5.87. The third-order valence-electron chi connectivity index (χ3n) is 5.36. The molecule has 4 rings (SSSR count). The summed E-state index contributed by atoms with van der Waals surface area (Å²) in [6.45, 7) is 8.64. The standard InChI is InChI=1S/C22H27FN4S/c1-15-19(17-7-9-18(23)10-8-17)20-21(25-16(2)26-22(20)28-15)24-11-3-4-12-27-13-5-6-14-27/h7-10H,3-6,11-14H2,1-2H3,(H,24,25,26). The number of halogens is 1. The number of aromatic nitrogens is 2. The normalized spacial score (nSPS) is 14.8. The van der Waals surface area contributed by atoms with E-state index < -0.39 is 0 Å². The van der Waals surface area contributed by atoms with Gasteiger partial charge in [-0.05, 0) is 76.9 Å². The molecule has 4 nitrogen and oxygen atoms in total. The van der Waals surface area contributed by atoms with Crippen molar-refractivity contribution < 1.29 is 4.39 Å². The van der Waals surface area contributed by atoms with Crippen LogP contribution >= 0.6 is 11.3 Å². The SMILES string of the molecule is Cc1nc(NCCCCN2CCCC2)c2c(-c3ccc(F)cc3)c(C)sc2n1. The van der Waals surface area contributed by atoms with Crippen molar-refractivity contribution >= 4 is 27.4 Å². The largest absolute Gasteiger partial charge is 0.369 e. The van der Waals surface area contributed by atoms with Crippen molar-refractivity contribution in [2.24, 2.45) is 0 Å². The van der Waals surface area contributed by atoms with Crippen molar-refractivity contribution in [2.45, 2.75) is 39.5 Å². The van der Waals surface area contributed by atoms with Gasteiger partial charge in [0.25, 0.3) is 0 Å². The average Bonchev–Trinajstić information content (AvgIpc) is 3.29. The van der Waals surface area contributed by atoms with Crippen LogP contribution in [-0.2, 0) is 0 Å². The molecule has 0 spiro atoms. The van der Waals surface area contributed by atoms with E-state index in [2.05, 4.69) is 22.1 Å². The fraction of sp³-hybridized carbons (Fsp3) is 0.455. The Labute approximate surface area is 169 Å². The average molecular weight is 399 g/mol. The van der Waals surface area contributed by atoms with Crippen LogP contribution < -0.4 is 5.32 Å². The van der Waals surface area contributed by atoms with E-state index in [1.165, 1.54) is 55.9 Å². The molecular formula is C22H27FN4S. The predicted octanol–water partition coefficient (Wildman–Crippen LogP) is 5.40. The van der Waals surface area contributed by atoms with Gasteiger partial charge in [0.15, 0.2) is 0 Å². The Morgan fingerprint density at radius 1 is 1.07 bits per heavy atom. The number of nitrogens with zero attached hydrogens (tertiary/aromatic N) is 3. The summed E-state index contributed by atoms with van der Waals surface area (Å²) in [5.41, 5.74) is 2.12. The van der Waals surface area contributed by atoms with Crippen molar-refractivity contribution in [1.82, 2.24) is 14.9 Å². The number of hydrogen-bond acceptors (Lipinski definition) is 5. The molecular weight excluding hydrogens is 371 g/mol. The maximum Gasteiger partial charge on any atom is 0.139 e. The van der Waals surface area contributed by atoms with Crippen molar-refractivity contribution in [3.8, 4) is 11.1 Å². The van der Waals surface area contributed by atoms with Crippen LogP contribution in [0.2, 0.25) is 0 Å². The second-order valence-corrected chi connectivity index (χ2v) is 8.73. The van der Waals surface area contributed by atoms with Gasteiger partial charge in [-0.1, -0.05) is 12.1 Å². The zero-order chi connectivity index (χ0) is 19.5. The van der Waals surface area contributed by atoms with E-state index in [1.54, 1.807) is 11.3 Å². The Morgan fingerprint density at radius 2 is 1.82 bits per heavy atom. The number of aryl methyl sites for hydroxylation is 2. The number of thiophene rings is 1. The zero-order valence-corrected chi connectivity index (χ0v) is 17.4. The molecule has 6 heteroatoms. The summed E-state index contributed by atoms with van der Waals surface area (Å²) in [5, 5.41) is 4.61. The van der Waals surface area contributed by atoms with Crippen molar-refractivity contribution in [3.05, 3.63) is 40.8 Å². The summed E-state index contributed by atoms with van der Waals surface area (Å²) in [7, 11) is 0. The van der Waals surface area contributed by atoms with E-state index in [1.807, 2.05) is 19.1 Å². The van der Waals surface area contributed by atoms with Gasteiger partial charge in [0, 0.05) is 17.0 Å². The number of nitrogens with one attached hydrogen (secondary N) is 1. The van der Waals surface area contributed by atoms with E-state index in [-0.39, 0.29) is 5.82 Å². The molecule has 0 aliphatic carbocycles. The number of rotatable bonds is 7. The number of unbranched alkanes of at least 4 members (excludes halogenated alkanes) is 1. The van der Waals surface area contributed by atoms with E-state index >= 15 is 0 Å². The van der Waals surface area contributed by atoms with Gasteiger partial charge in [-0.15, -0.1) is 11.3 Å². The summed E-state index contributed by atoms with van der Waals surface area (Å²) < 4.78 is 13.4. The quantitative estimate of drug-likeness (QED) is 0.541. The molecule has 0 amide bonds. The summed E-state index contributed by atoms with van der Waals surface area (Å²) in [6.07, 6.45) is 5.02. The van der Waals surface area contributed by atoms with Gasteiger partial charge in [0.2, 0.25) is 0 Å². The number of benzene rings is 1. The zero-order valence-electron chi connectivity index (χ0n) is 16.6. The van der Waals surface area contributed by atoms with Crippen LogP contribution in [0.25, 0.3) is 21.3 Å². The van der Waals surface area contributed by atoms with Crippen LogP contribution in [0.15, 0.2) is 24.3 Å². The molecule has 1 aliphatic heterocycles. The van der Waals surface area contributed by atoms with Crippen molar-refractivity contribution in [3.63, 3.8) is 0 Å². The molecule has 1 fully saturated rings. The van der Waals surface area contributed by atoms with E-state index in [4.69, 9.17) is 4.98 Å². The molecule has 0 bridgehead atoms. The molecule has 1 aromatic carbocycles. The molecule has 3 aromatic rings. The molecule has 1 saturated heterocycles. The highest BCUT2D eigenvalue weighted by molar-refractivity contribution is 7.19. The van der Waals surface area contributed by atoms with Crippen LogP contribution in [0, 0.1) is 19.7 Å². The lowest BCUT2D eigenvalue weighted by molar-refractivity contribution is 0.331. The molecule has 2 aromatic heterocycles. The van der Waals surface area contributed by atoms with Crippen molar-refractivity contribution in [1.29, 1.82) is 0 Å². The fourth-order valence-corrected chi connectivity index (χ4v) is 5.07. The minimum atomic E-state index is -0.218.